The molecule has 0 fully saturated rings. The van der Waals surface area contributed by atoms with Gasteiger partial charge in [-0.3, -0.25) is 4.79 Å². The number of nitrogens with zero attached hydrogens (tertiary/aromatic N) is 2. The smallest absolute Gasteiger partial charge is 0.400 e. The van der Waals surface area contributed by atoms with Crippen molar-refractivity contribution in [2.75, 3.05) is 0 Å². The second kappa shape index (κ2) is 12.2. The van der Waals surface area contributed by atoms with Crippen molar-refractivity contribution in [2.24, 2.45) is 0 Å². The third kappa shape index (κ3) is 5.43. The van der Waals surface area contributed by atoms with E-state index in [2.05, 4.69) is 27.0 Å². The summed E-state index contributed by atoms with van der Waals surface area (Å²) >= 11 is 0. The highest BCUT2D eigenvalue weighted by Crippen LogP contribution is 2.40. The summed E-state index contributed by atoms with van der Waals surface area (Å²) < 4.78 is 11.9. The largest absolute Gasteiger partial charge is 0.519 e. The standard InChI is InChI=1S/C26H24N2O5.C3H8.C2H6/c1-5-16-18-10-15(33-26(31)32-13(2)3)7-9-21(18)27-23-20(16)12-28-22(23)11-19-17(25(28)30)8-6-14(4)24(19)29;1-3-2;1-2/h7,9-11,24,29H,2,4-6,8,12H2,1,3H3;3H2,1-2H3;1-2H3/t24-;;/m1../s1. The van der Waals surface area contributed by atoms with E-state index < -0.39 is 12.3 Å². The van der Waals surface area contributed by atoms with E-state index in [1.807, 2.05) is 26.8 Å². The Balaban J connectivity index is 0.000000748. The maximum Gasteiger partial charge on any atom is 0.519 e. The Kier molecular flexibility index (Phi) is 9.28. The molecule has 0 saturated heterocycles. The van der Waals surface area contributed by atoms with Crippen LogP contribution in [-0.4, -0.2) is 20.8 Å². The van der Waals surface area contributed by atoms with Crippen LogP contribution in [0.3, 0.4) is 0 Å². The zero-order valence-corrected chi connectivity index (χ0v) is 23.3. The number of aliphatic hydroxyl groups is 1. The topological polar surface area (TPSA) is 90.7 Å². The highest BCUT2D eigenvalue weighted by molar-refractivity contribution is 5.89. The molecule has 3 heterocycles. The van der Waals surface area contributed by atoms with Gasteiger partial charge < -0.3 is 19.1 Å². The third-order valence-electron chi connectivity index (χ3n) is 6.36. The number of benzene rings is 1. The van der Waals surface area contributed by atoms with E-state index in [1.165, 1.54) is 6.42 Å². The fourth-order valence-electron chi connectivity index (χ4n) is 4.81. The second-order valence-electron chi connectivity index (χ2n) is 9.23. The molecule has 2 aliphatic rings. The molecule has 202 valence electrons. The highest BCUT2D eigenvalue weighted by Gasteiger charge is 2.31. The lowest BCUT2D eigenvalue weighted by Crippen LogP contribution is -2.28. The molecule has 5 rings (SSSR count). The lowest BCUT2D eigenvalue weighted by molar-refractivity contribution is 0.127. The summed E-state index contributed by atoms with van der Waals surface area (Å²) in [7, 11) is 0. The molecular formula is C31H38N2O5. The quantitative estimate of drug-likeness (QED) is 0.136. The molecule has 7 nitrogen and oxygen atoms in total. The first-order chi connectivity index (χ1) is 18.2. The van der Waals surface area contributed by atoms with E-state index >= 15 is 0 Å². The van der Waals surface area contributed by atoms with E-state index in [9.17, 15) is 14.7 Å². The number of rotatable bonds is 3. The summed E-state index contributed by atoms with van der Waals surface area (Å²) in [5.41, 5.74) is 6.14. The van der Waals surface area contributed by atoms with Crippen LogP contribution in [0.1, 0.15) is 82.7 Å². The number of aryl methyl sites for hydroxylation is 1. The monoisotopic (exact) mass is 518 g/mol. The highest BCUT2D eigenvalue weighted by atomic mass is 16.7. The van der Waals surface area contributed by atoms with Gasteiger partial charge in [0.15, 0.2) is 0 Å². The van der Waals surface area contributed by atoms with Gasteiger partial charge in [0.2, 0.25) is 0 Å². The van der Waals surface area contributed by atoms with Gasteiger partial charge in [-0.05, 0) is 67.2 Å². The van der Waals surface area contributed by atoms with Crippen molar-refractivity contribution >= 4 is 17.1 Å². The molecule has 0 saturated carbocycles. The molecule has 0 bridgehead atoms. The summed E-state index contributed by atoms with van der Waals surface area (Å²) in [6.45, 7) is 19.8. The van der Waals surface area contributed by atoms with Gasteiger partial charge in [0.25, 0.3) is 5.56 Å². The minimum atomic E-state index is -0.848. The van der Waals surface area contributed by atoms with Crippen LogP contribution in [0.25, 0.3) is 22.3 Å². The van der Waals surface area contributed by atoms with Gasteiger partial charge in [0.1, 0.15) is 17.6 Å². The fraction of sp³-hybridized carbons (Fsp3) is 0.387. The molecule has 1 aliphatic carbocycles. The van der Waals surface area contributed by atoms with Gasteiger partial charge in [-0.1, -0.05) is 54.2 Å². The number of ether oxygens (including phenoxy) is 2. The molecule has 38 heavy (non-hydrogen) atoms. The second-order valence-corrected chi connectivity index (χ2v) is 9.23. The minimum absolute atomic E-state index is 0.0790. The number of aromatic nitrogens is 2. The predicted molar refractivity (Wildman–Crippen MR) is 152 cm³/mol. The molecule has 0 unspecified atom stereocenters. The molecule has 0 radical (unpaired) electrons. The SMILES string of the molecule is C=C(C)OC(=O)Oc1ccc2nc3c(c(CC)c2c1)Cn1c-3cc2c(c1=O)CCC(=C)[C@H]2O.CC.CCC. The number of carbonyl (C=O) groups is 1. The van der Waals surface area contributed by atoms with Crippen molar-refractivity contribution in [1.29, 1.82) is 0 Å². The lowest BCUT2D eigenvalue weighted by atomic mass is 9.87. The zero-order valence-electron chi connectivity index (χ0n) is 23.3. The van der Waals surface area contributed by atoms with E-state index in [0.717, 1.165) is 33.3 Å². The van der Waals surface area contributed by atoms with Gasteiger partial charge in [-0.15, -0.1) is 0 Å². The minimum Gasteiger partial charge on any atom is -0.400 e. The summed E-state index contributed by atoms with van der Waals surface area (Å²) in [5, 5.41) is 11.5. The van der Waals surface area contributed by atoms with Crippen molar-refractivity contribution < 1.29 is 19.4 Å². The maximum absolute atomic E-state index is 13.3. The van der Waals surface area contributed by atoms with Crippen LogP contribution in [0.4, 0.5) is 4.79 Å². The Labute approximate surface area is 224 Å². The van der Waals surface area contributed by atoms with Crippen LogP contribution in [-0.2, 0) is 24.1 Å². The number of carbonyl (C=O) groups excluding carboxylic acids is 1. The zero-order chi connectivity index (χ0) is 28.1. The van der Waals surface area contributed by atoms with Crippen molar-refractivity contribution in [1.82, 2.24) is 9.55 Å². The summed E-state index contributed by atoms with van der Waals surface area (Å²) in [6, 6.07) is 7.10. The Bertz CT molecular complexity index is 1450. The third-order valence-corrected chi connectivity index (χ3v) is 6.36. The Morgan fingerprint density at radius 1 is 1.16 bits per heavy atom. The first-order valence-corrected chi connectivity index (χ1v) is 13.3. The molecule has 3 aromatic rings. The van der Waals surface area contributed by atoms with Gasteiger partial charge in [-0.2, -0.15) is 0 Å². The van der Waals surface area contributed by atoms with Crippen molar-refractivity contribution in [2.45, 2.75) is 79.9 Å². The summed E-state index contributed by atoms with van der Waals surface area (Å²) in [4.78, 5) is 30.0. The van der Waals surface area contributed by atoms with Crippen LogP contribution in [0, 0.1) is 0 Å². The Hall–Kier alpha value is -3.71. The molecule has 1 atom stereocenters. The van der Waals surface area contributed by atoms with Crippen molar-refractivity contribution in [3.05, 3.63) is 81.4 Å². The molecule has 1 N–H and O–H groups in total. The number of pyridine rings is 2. The van der Waals surface area contributed by atoms with Crippen LogP contribution in [0.5, 0.6) is 5.75 Å². The van der Waals surface area contributed by atoms with Crippen LogP contribution >= 0.6 is 0 Å². The van der Waals surface area contributed by atoms with Gasteiger partial charge in [-0.25, -0.2) is 9.78 Å². The van der Waals surface area contributed by atoms with Crippen molar-refractivity contribution in [3.8, 4) is 17.1 Å². The molecule has 0 amide bonds. The number of hydrogen-bond donors (Lipinski definition) is 1. The van der Waals surface area contributed by atoms with E-state index in [1.54, 1.807) is 29.7 Å². The number of aliphatic hydroxyl groups excluding tert-OH is 1. The molecule has 1 aromatic carbocycles. The lowest BCUT2D eigenvalue weighted by Gasteiger charge is -2.24. The summed E-state index contributed by atoms with van der Waals surface area (Å²) in [6.07, 6.45) is 1.47. The van der Waals surface area contributed by atoms with Gasteiger partial charge >= 0.3 is 6.16 Å². The number of allylic oxidation sites excluding steroid dienone is 1. The van der Waals surface area contributed by atoms with Gasteiger partial charge in [0.05, 0.1) is 23.4 Å². The van der Waals surface area contributed by atoms with Gasteiger partial charge in [0, 0.05) is 16.5 Å². The summed E-state index contributed by atoms with van der Waals surface area (Å²) in [5.74, 6) is 0.587. The molecule has 2 aromatic heterocycles. The predicted octanol–water partition coefficient (Wildman–Crippen LogP) is 7.01. The Morgan fingerprint density at radius 2 is 1.84 bits per heavy atom. The molecule has 1 aliphatic heterocycles. The van der Waals surface area contributed by atoms with Crippen LogP contribution in [0.2, 0.25) is 0 Å². The molecule has 0 spiro atoms. The molecular weight excluding hydrogens is 480 g/mol. The average molecular weight is 519 g/mol. The number of hydrogen-bond acceptors (Lipinski definition) is 6. The first-order valence-electron chi connectivity index (χ1n) is 13.3. The Morgan fingerprint density at radius 3 is 2.47 bits per heavy atom. The average Bonchev–Trinajstić information content (AvgIpc) is 3.25. The van der Waals surface area contributed by atoms with E-state index in [-0.39, 0.29) is 11.3 Å². The van der Waals surface area contributed by atoms with Crippen molar-refractivity contribution in [3.63, 3.8) is 0 Å². The normalized spacial score (nSPS) is 14.7. The fourth-order valence-corrected chi connectivity index (χ4v) is 4.81. The molecule has 7 heteroatoms. The van der Waals surface area contributed by atoms with E-state index in [4.69, 9.17) is 14.5 Å². The van der Waals surface area contributed by atoms with E-state index in [0.29, 0.717) is 48.4 Å². The van der Waals surface area contributed by atoms with Crippen LogP contribution in [0.15, 0.2) is 53.6 Å². The first kappa shape index (κ1) is 28.9. The maximum atomic E-state index is 13.3. The number of fused-ring (bicyclic) bond motifs is 5. The van der Waals surface area contributed by atoms with Crippen LogP contribution < -0.4 is 10.3 Å².